The van der Waals surface area contributed by atoms with Crippen LogP contribution in [0.1, 0.15) is 180 Å². The number of nitrogens with one attached hydrogen (secondary N) is 7. The second-order valence-corrected chi connectivity index (χ2v) is 31.8. The number of carboxylic acid groups (broad SMARTS) is 1. The smallest absolute Gasteiger partial charge is 0.389 e. The van der Waals surface area contributed by atoms with Gasteiger partial charge in [0.1, 0.15) is 53.7 Å². The zero-order chi connectivity index (χ0) is 78.5. The third-order valence-corrected chi connectivity index (χ3v) is 21.3. The molecule has 4 heterocycles. The molecular weight excluding hydrogens is 1420 g/mol. The van der Waals surface area contributed by atoms with E-state index in [1.54, 1.807) is 20.8 Å². The third kappa shape index (κ3) is 23.5. The summed E-state index contributed by atoms with van der Waals surface area (Å²) in [5.74, 6) is -7.27. The summed E-state index contributed by atoms with van der Waals surface area (Å²) in [5.41, 5.74) is 1.43. The number of halogens is 7. The summed E-state index contributed by atoms with van der Waals surface area (Å²) in [4.78, 5) is 151. The standard InChI is InChI=1S/C36H52F3N7O6.C27H39N5O5.C9H15F3N2O2.ClH/c1-7-15-42-32(51)27(47)22(13-14-36(37,38)39)43-31(50)26-24-21(35(24,5)6)19-46(26)33(52)28(34(2,3)4)45-30(49)25(20-11-9-8-10-12-20)44-29(48)23-18-40-16-17-41-23;1-26(2,3)21(24(35)32-14-16-18(27(16,4)5)20(32)25(36)37)31-23(34)19(15-9-7-6-8-10-15)30-22(33)17-13-28-11-12-29-17;1-2-5-14-8(16)7(15)6(13)3-4-9(10,11)12;/h7,16-18,20-22,24-28,47H,1,8-15,19H2,2-6H3,(H,42,51)(H,43,50)(H,44,48)(H,45,49);11-13,15-16,18-21H,6-10,14H2,1-5H3,(H,30,33)(H,31,34)(H,36,37);2,6-7,15H,1,3-5,13H2,(H,14,16);1H/t21-,22?,24-,25-,26-,27?,28+;16-,18-,19-,20-,21+;;/m00../s1. The number of piperidine rings is 2. The Balaban J connectivity index is 0.000000324. The average molecular weight is 1530 g/mol. The monoisotopic (exact) mass is 1520 g/mol. The van der Waals surface area contributed by atoms with Crippen LogP contribution in [0.2, 0.25) is 0 Å². The molecule has 2 aromatic rings. The van der Waals surface area contributed by atoms with Crippen molar-refractivity contribution in [2.75, 3.05) is 26.2 Å². The first-order chi connectivity index (χ1) is 48.9. The van der Waals surface area contributed by atoms with Crippen molar-refractivity contribution in [3.63, 3.8) is 0 Å². The van der Waals surface area contributed by atoms with Gasteiger partial charge in [-0.05, 0) is 83.4 Å². The summed E-state index contributed by atoms with van der Waals surface area (Å²) < 4.78 is 75.4. The van der Waals surface area contributed by atoms with E-state index in [1.165, 1.54) is 59.1 Å². The number of fused-ring (bicyclic) bond motifs is 2. The maximum absolute atomic E-state index is 14.5. The summed E-state index contributed by atoms with van der Waals surface area (Å²) >= 11 is 0. The minimum absolute atomic E-state index is 0. The van der Waals surface area contributed by atoms with Crippen molar-refractivity contribution >= 4 is 59.1 Å². The minimum Gasteiger partial charge on any atom is -1.00 e. The van der Waals surface area contributed by atoms with Gasteiger partial charge in [-0.2, -0.15) is 26.3 Å². The second-order valence-electron chi connectivity index (χ2n) is 31.8. The Kier molecular flexibility index (Phi) is 31.2. The van der Waals surface area contributed by atoms with E-state index < -0.39 is 156 Å². The molecule has 2 aromatic heterocycles. The quantitative estimate of drug-likeness (QED) is 0.0446. The summed E-state index contributed by atoms with van der Waals surface area (Å²) in [7, 11) is 0. The predicted molar refractivity (Wildman–Crippen MR) is 370 cm³/mol. The molecule has 0 radical (unpaired) electrons. The van der Waals surface area contributed by atoms with E-state index in [-0.39, 0.29) is 102 Å². The number of aliphatic hydroxyl groups is 2. The van der Waals surface area contributed by atoms with Gasteiger partial charge in [0.2, 0.25) is 29.5 Å². The molecule has 14 atom stereocenters. The number of hydrogen-bond donors (Lipinski definition) is 11. The van der Waals surface area contributed by atoms with Gasteiger partial charge >= 0.3 is 18.3 Å². The van der Waals surface area contributed by atoms with Crippen LogP contribution in [0.4, 0.5) is 26.3 Å². The first kappa shape index (κ1) is 88.7. The highest BCUT2D eigenvalue weighted by atomic mass is 35.5. The number of carboxylic acids is 1. The highest BCUT2D eigenvalue weighted by molar-refractivity contribution is 6.00. The number of aliphatic carboxylic acids is 1. The number of carbonyl (C=O) groups is 10. The SMILES string of the molecule is C=CCNC(=O)C(O)C(CCC(F)(F)F)NC(=O)[C@@H]1[C@@H]2[C@H](CN1C(=O)[C@@H](NC(=O)[C@@H](NC(=O)c1cnccn1)C1CCCCC1)C(C)(C)C)C2(C)C.C=CCNC(=O)C(O)C([NH3+])CCC(F)(F)F.CC(C)(C)[C@H](NC(=O)[C@@H](NC(=O)c1cnccn1)C1CCCCC1)C(=O)N1C[C@H]2[C@@H]([C@H]1C(=O)O)C2(C)C.[Cl-]. The van der Waals surface area contributed by atoms with E-state index in [0.717, 1.165) is 51.4 Å². The summed E-state index contributed by atoms with van der Waals surface area (Å²) in [6, 6.07) is -8.56. The fourth-order valence-electron chi connectivity index (χ4n) is 15.0. The largest absolute Gasteiger partial charge is 1.00 e. The van der Waals surface area contributed by atoms with E-state index >= 15 is 0 Å². The molecule has 106 heavy (non-hydrogen) atoms. The highest BCUT2D eigenvalue weighted by Crippen LogP contribution is 2.66. The zero-order valence-electron chi connectivity index (χ0n) is 62.0. The number of aromatic nitrogens is 4. The zero-order valence-corrected chi connectivity index (χ0v) is 62.7. The minimum atomic E-state index is -4.62. The number of rotatable bonds is 27. The Morgan fingerprint density at radius 3 is 1.30 bits per heavy atom. The lowest BCUT2D eigenvalue weighted by Gasteiger charge is -2.39. The van der Waals surface area contributed by atoms with Crippen LogP contribution in [0.3, 0.4) is 0 Å². The van der Waals surface area contributed by atoms with Crippen molar-refractivity contribution < 1.29 is 108 Å². The van der Waals surface area contributed by atoms with E-state index in [0.29, 0.717) is 19.4 Å². The Hall–Kier alpha value is -7.91. The van der Waals surface area contributed by atoms with Gasteiger partial charge in [0.05, 0.1) is 18.4 Å². The molecule has 0 spiro atoms. The molecule has 4 aliphatic carbocycles. The van der Waals surface area contributed by atoms with Crippen LogP contribution in [0.15, 0.2) is 62.5 Å². The number of nitrogens with zero attached hydrogens (tertiary/aromatic N) is 6. The van der Waals surface area contributed by atoms with Crippen LogP contribution < -0.4 is 55.4 Å². The topological polar surface area (TPSA) is 401 Å². The molecule has 6 aliphatic rings. The summed E-state index contributed by atoms with van der Waals surface area (Å²) in [5, 5.41) is 48.6. The molecule has 4 saturated carbocycles. The molecule has 0 aromatic carbocycles. The van der Waals surface area contributed by atoms with Crippen LogP contribution in [-0.4, -0.2) is 203 Å². The molecule has 6 fully saturated rings. The molecule has 0 bridgehead atoms. The molecule has 592 valence electrons. The lowest BCUT2D eigenvalue weighted by molar-refractivity contribution is -0.436. The Labute approximate surface area is 620 Å². The number of amides is 9. The Morgan fingerprint density at radius 2 is 0.943 bits per heavy atom. The molecule has 34 heteroatoms. The van der Waals surface area contributed by atoms with Gasteiger partial charge in [0, 0.05) is 76.1 Å². The van der Waals surface area contributed by atoms with Crippen molar-refractivity contribution in [2.45, 2.75) is 232 Å². The number of hydrogen-bond acceptors (Lipinski definition) is 16. The average Bonchev–Trinajstić information content (AvgIpc) is 1.53. The second kappa shape index (κ2) is 37.3. The van der Waals surface area contributed by atoms with Gasteiger partial charge in [-0.1, -0.05) is 120 Å². The third-order valence-electron chi connectivity index (χ3n) is 21.3. The maximum atomic E-state index is 14.5. The molecular formula is C72H107ClF6N14O13. The number of aliphatic hydroxyl groups excluding tert-OH is 2. The van der Waals surface area contributed by atoms with Crippen LogP contribution in [0, 0.1) is 57.2 Å². The first-order valence-electron chi connectivity index (χ1n) is 35.9. The molecule has 2 aliphatic heterocycles. The van der Waals surface area contributed by atoms with Crippen molar-refractivity contribution in [3.05, 3.63) is 73.9 Å². The van der Waals surface area contributed by atoms with Crippen molar-refractivity contribution in [3.8, 4) is 0 Å². The molecule has 27 nitrogen and oxygen atoms in total. The first-order valence-corrected chi connectivity index (χ1v) is 35.9. The normalized spacial score (nSPS) is 23.2. The van der Waals surface area contributed by atoms with Gasteiger partial charge in [-0.3, -0.25) is 53.1 Å². The van der Waals surface area contributed by atoms with E-state index in [2.05, 4.69) is 76.0 Å². The maximum Gasteiger partial charge on any atom is 0.389 e. The van der Waals surface area contributed by atoms with Gasteiger partial charge in [0.15, 0.2) is 12.2 Å². The van der Waals surface area contributed by atoms with E-state index in [1.807, 2.05) is 48.5 Å². The molecule has 8 rings (SSSR count). The lowest BCUT2D eigenvalue weighted by Crippen LogP contribution is -3.00. The van der Waals surface area contributed by atoms with Gasteiger partial charge < -0.3 is 80.5 Å². The number of likely N-dealkylation sites (tertiary alicyclic amines) is 2. The summed E-state index contributed by atoms with van der Waals surface area (Å²) in [6.45, 7) is 26.2. The number of quaternary nitrogens is 1. The number of carbonyl (C=O) groups excluding carboxylic acids is 9. The predicted octanol–water partition coefficient (Wildman–Crippen LogP) is 1.52. The van der Waals surface area contributed by atoms with Gasteiger partial charge in [-0.15, -0.1) is 13.2 Å². The Morgan fingerprint density at radius 1 is 0.566 bits per heavy atom. The fourth-order valence-corrected chi connectivity index (χ4v) is 15.0. The molecule has 2 saturated heterocycles. The van der Waals surface area contributed by atoms with Crippen LogP contribution >= 0.6 is 0 Å². The number of alkyl halides is 6. The highest BCUT2D eigenvalue weighted by Gasteiger charge is 2.71. The van der Waals surface area contributed by atoms with E-state index in [9.17, 15) is 89.6 Å². The summed E-state index contributed by atoms with van der Waals surface area (Å²) in [6.07, 6.45) is 3.69. The van der Waals surface area contributed by atoms with Crippen LogP contribution in [0.25, 0.3) is 0 Å². The van der Waals surface area contributed by atoms with E-state index in [4.69, 9.17) is 0 Å². The van der Waals surface area contributed by atoms with Crippen LogP contribution in [-0.2, 0) is 38.4 Å². The molecule has 9 amide bonds. The molecule has 13 N–H and O–H groups in total. The Bertz CT molecular complexity index is 3390. The van der Waals surface area contributed by atoms with Crippen molar-refractivity contribution in [1.29, 1.82) is 0 Å². The van der Waals surface area contributed by atoms with Crippen LogP contribution in [0.5, 0.6) is 0 Å². The fraction of sp³-hybridized carbons (Fsp3) is 0.694. The molecule has 4 unspecified atom stereocenters. The van der Waals surface area contributed by atoms with Crippen molar-refractivity contribution in [1.82, 2.24) is 67.0 Å². The van der Waals surface area contributed by atoms with Gasteiger partial charge in [-0.25, -0.2) is 14.8 Å². The lowest BCUT2D eigenvalue weighted by atomic mass is 9.82. The van der Waals surface area contributed by atoms with Crippen molar-refractivity contribution in [2.24, 2.45) is 57.2 Å². The van der Waals surface area contributed by atoms with Gasteiger partial charge in [0.25, 0.3) is 23.6 Å².